The van der Waals surface area contributed by atoms with Crippen molar-refractivity contribution in [3.8, 4) is 17.0 Å². The van der Waals surface area contributed by atoms with Gasteiger partial charge in [0.1, 0.15) is 11.5 Å². The van der Waals surface area contributed by atoms with Gasteiger partial charge in [0.05, 0.1) is 13.3 Å². The van der Waals surface area contributed by atoms with Crippen molar-refractivity contribution in [2.45, 2.75) is 26.4 Å². The molecule has 1 aromatic carbocycles. The molecule has 2 aromatic heterocycles. The molecule has 24 heavy (non-hydrogen) atoms. The first-order chi connectivity index (χ1) is 11.6. The summed E-state index contributed by atoms with van der Waals surface area (Å²) in [7, 11) is 1.29. The van der Waals surface area contributed by atoms with Crippen LogP contribution in [0.25, 0.3) is 11.3 Å². The molecule has 2 heterocycles. The van der Waals surface area contributed by atoms with E-state index in [4.69, 9.17) is 4.74 Å². The van der Waals surface area contributed by atoms with Crippen molar-refractivity contribution in [2.24, 2.45) is 0 Å². The summed E-state index contributed by atoms with van der Waals surface area (Å²) in [6, 6.07) is 2.80. The lowest BCUT2D eigenvalue weighted by atomic mass is 10.1. The fourth-order valence-corrected chi connectivity index (χ4v) is 2.46. The van der Waals surface area contributed by atoms with Crippen molar-refractivity contribution >= 4 is 0 Å². The molecule has 0 aliphatic carbocycles. The van der Waals surface area contributed by atoms with Crippen molar-refractivity contribution in [2.75, 3.05) is 7.11 Å². The highest BCUT2D eigenvalue weighted by molar-refractivity contribution is 5.60. The van der Waals surface area contributed by atoms with E-state index >= 15 is 0 Å². The van der Waals surface area contributed by atoms with Gasteiger partial charge in [0.25, 0.3) is 0 Å². The lowest BCUT2D eigenvalue weighted by molar-refractivity contribution is 0.372. The molecular formula is C16H17F2N5O. The Bertz CT molecular complexity index is 843. The molecule has 6 nitrogen and oxygen atoms in total. The Morgan fingerprint density at radius 3 is 2.71 bits per heavy atom. The number of rotatable bonds is 6. The van der Waals surface area contributed by atoms with Gasteiger partial charge in [-0.2, -0.15) is 4.39 Å². The van der Waals surface area contributed by atoms with Crippen LogP contribution in [-0.2, 0) is 13.1 Å². The van der Waals surface area contributed by atoms with Crippen LogP contribution < -0.4 is 4.74 Å². The first-order valence-electron chi connectivity index (χ1n) is 7.50. The van der Waals surface area contributed by atoms with Crippen LogP contribution in [0.4, 0.5) is 8.78 Å². The fraction of sp³-hybridized carbons (Fsp3) is 0.312. The van der Waals surface area contributed by atoms with Crippen molar-refractivity contribution < 1.29 is 13.5 Å². The van der Waals surface area contributed by atoms with Crippen LogP contribution in [0.1, 0.15) is 12.2 Å². The Morgan fingerprint density at radius 1 is 1.17 bits per heavy atom. The lowest BCUT2D eigenvalue weighted by Crippen LogP contribution is -2.05. The molecule has 0 atom stereocenters. The third kappa shape index (κ3) is 3.12. The Balaban J connectivity index is 1.69. The standard InChI is InChI=1S/C16H17F2N5O/c1-11-19-6-9-22(11)7-3-8-23-10-13(20-21-23)12-4-5-14(24-2)16(18)15(12)17/h4-6,9-10H,3,7-8H2,1-2H3. The van der Waals surface area contributed by atoms with Gasteiger partial charge in [-0.15, -0.1) is 5.10 Å². The molecule has 3 aromatic rings. The largest absolute Gasteiger partial charge is 0.494 e. The summed E-state index contributed by atoms with van der Waals surface area (Å²) in [5, 5.41) is 7.89. The highest BCUT2D eigenvalue weighted by Gasteiger charge is 2.17. The number of benzene rings is 1. The molecule has 3 rings (SSSR count). The summed E-state index contributed by atoms with van der Waals surface area (Å²) in [5.41, 5.74) is 0.345. The maximum absolute atomic E-state index is 14.1. The third-order valence-corrected chi connectivity index (χ3v) is 3.79. The monoisotopic (exact) mass is 333 g/mol. The van der Waals surface area contributed by atoms with Gasteiger partial charge >= 0.3 is 0 Å². The predicted octanol–water partition coefficient (Wildman–Crippen LogP) is 2.83. The first kappa shape index (κ1) is 16.1. The second-order valence-corrected chi connectivity index (χ2v) is 5.33. The van der Waals surface area contributed by atoms with E-state index in [-0.39, 0.29) is 17.0 Å². The van der Waals surface area contributed by atoms with Crippen LogP contribution in [-0.4, -0.2) is 31.7 Å². The van der Waals surface area contributed by atoms with E-state index in [0.29, 0.717) is 6.54 Å². The summed E-state index contributed by atoms with van der Waals surface area (Å²) in [4.78, 5) is 4.16. The number of ether oxygens (including phenoxy) is 1. The molecule has 0 aliphatic rings. The fourth-order valence-electron chi connectivity index (χ4n) is 2.46. The molecule has 0 aliphatic heterocycles. The minimum absolute atomic E-state index is 0.0602. The highest BCUT2D eigenvalue weighted by Crippen LogP contribution is 2.28. The molecule has 126 valence electrons. The predicted molar refractivity (Wildman–Crippen MR) is 83.5 cm³/mol. The molecule has 0 bridgehead atoms. The van der Waals surface area contributed by atoms with Gasteiger partial charge in [0, 0.05) is 31.0 Å². The van der Waals surface area contributed by atoms with Gasteiger partial charge < -0.3 is 9.30 Å². The van der Waals surface area contributed by atoms with E-state index in [0.717, 1.165) is 18.8 Å². The van der Waals surface area contributed by atoms with Gasteiger partial charge in [0.2, 0.25) is 5.82 Å². The van der Waals surface area contributed by atoms with E-state index in [9.17, 15) is 8.78 Å². The molecule has 0 unspecified atom stereocenters. The molecule has 0 spiro atoms. The van der Waals surface area contributed by atoms with E-state index in [2.05, 4.69) is 15.3 Å². The van der Waals surface area contributed by atoms with Crippen LogP contribution in [0.2, 0.25) is 0 Å². The zero-order valence-corrected chi connectivity index (χ0v) is 13.4. The number of hydrogen-bond donors (Lipinski definition) is 0. The molecule has 0 fully saturated rings. The van der Waals surface area contributed by atoms with Gasteiger partial charge in [-0.3, -0.25) is 4.68 Å². The van der Waals surface area contributed by atoms with Gasteiger partial charge in [0.15, 0.2) is 11.6 Å². The van der Waals surface area contributed by atoms with Crippen LogP contribution in [0.15, 0.2) is 30.7 Å². The number of hydrogen-bond acceptors (Lipinski definition) is 4. The number of aromatic nitrogens is 5. The molecule has 0 saturated carbocycles. The van der Waals surface area contributed by atoms with E-state index < -0.39 is 11.6 Å². The van der Waals surface area contributed by atoms with E-state index in [1.165, 1.54) is 19.2 Å². The van der Waals surface area contributed by atoms with Crippen molar-refractivity contribution in [3.63, 3.8) is 0 Å². The Morgan fingerprint density at radius 2 is 2.00 bits per heavy atom. The van der Waals surface area contributed by atoms with Gasteiger partial charge in [-0.25, -0.2) is 9.37 Å². The summed E-state index contributed by atoms with van der Waals surface area (Å²) >= 11 is 0. The Hall–Kier alpha value is -2.77. The second-order valence-electron chi connectivity index (χ2n) is 5.33. The van der Waals surface area contributed by atoms with Crippen LogP contribution >= 0.6 is 0 Å². The van der Waals surface area contributed by atoms with E-state index in [1.807, 2.05) is 17.7 Å². The summed E-state index contributed by atoms with van der Waals surface area (Å²) in [5.74, 6) is -1.21. The minimum atomic E-state index is -1.03. The van der Waals surface area contributed by atoms with Gasteiger partial charge in [-0.05, 0) is 25.5 Å². The van der Waals surface area contributed by atoms with Crippen LogP contribution in [0, 0.1) is 18.6 Å². The summed E-state index contributed by atoms with van der Waals surface area (Å²) in [6.07, 6.45) is 6.09. The average molecular weight is 333 g/mol. The molecule has 0 saturated heterocycles. The van der Waals surface area contributed by atoms with Crippen LogP contribution in [0.3, 0.4) is 0 Å². The number of methoxy groups -OCH3 is 1. The average Bonchev–Trinajstić information content (AvgIpc) is 3.20. The summed E-state index contributed by atoms with van der Waals surface area (Å²) in [6.45, 7) is 3.35. The normalized spacial score (nSPS) is 11.0. The van der Waals surface area contributed by atoms with Crippen molar-refractivity contribution in [1.82, 2.24) is 24.5 Å². The van der Waals surface area contributed by atoms with Crippen molar-refractivity contribution in [3.05, 3.63) is 48.2 Å². The molecule has 8 heteroatoms. The quantitative estimate of drug-likeness (QED) is 0.696. The molecule has 0 radical (unpaired) electrons. The Kier molecular flexibility index (Phi) is 4.54. The SMILES string of the molecule is COc1ccc(-c2cn(CCCn3ccnc3C)nn2)c(F)c1F. The number of aryl methyl sites for hydroxylation is 3. The molecular weight excluding hydrogens is 316 g/mol. The van der Waals surface area contributed by atoms with Gasteiger partial charge in [-0.1, -0.05) is 5.21 Å². The highest BCUT2D eigenvalue weighted by atomic mass is 19.2. The smallest absolute Gasteiger partial charge is 0.201 e. The lowest BCUT2D eigenvalue weighted by Gasteiger charge is -2.05. The van der Waals surface area contributed by atoms with E-state index in [1.54, 1.807) is 17.1 Å². The maximum Gasteiger partial charge on any atom is 0.201 e. The maximum atomic E-state index is 14.1. The summed E-state index contributed by atoms with van der Waals surface area (Å²) < 4.78 is 36.3. The zero-order chi connectivity index (χ0) is 17.1. The first-order valence-corrected chi connectivity index (χ1v) is 7.50. The molecule has 0 N–H and O–H groups in total. The number of nitrogens with zero attached hydrogens (tertiary/aromatic N) is 5. The third-order valence-electron chi connectivity index (χ3n) is 3.79. The van der Waals surface area contributed by atoms with Crippen LogP contribution in [0.5, 0.6) is 5.75 Å². The minimum Gasteiger partial charge on any atom is -0.494 e. The zero-order valence-electron chi connectivity index (χ0n) is 13.4. The topological polar surface area (TPSA) is 57.8 Å². The van der Waals surface area contributed by atoms with Crippen molar-refractivity contribution in [1.29, 1.82) is 0 Å². The second kappa shape index (κ2) is 6.77. The number of imidazole rings is 1. The Labute approximate surface area is 137 Å². The number of halogens is 2. The molecule has 0 amide bonds.